The highest BCUT2D eigenvalue weighted by Crippen LogP contribution is 2.16. The maximum absolute atomic E-state index is 12.2. The van der Waals surface area contributed by atoms with Crippen molar-refractivity contribution in [2.75, 3.05) is 13.2 Å². The van der Waals surface area contributed by atoms with E-state index in [0.29, 0.717) is 12.8 Å². The van der Waals surface area contributed by atoms with Crippen molar-refractivity contribution in [1.29, 1.82) is 0 Å². The zero-order valence-corrected chi connectivity index (χ0v) is 32.7. The van der Waals surface area contributed by atoms with Gasteiger partial charge in [-0.25, -0.2) is 0 Å². The Morgan fingerprint density at radius 1 is 0.458 bits per heavy atom. The van der Waals surface area contributed by atoms with E-state index in [9.17, 15) is 14.7 Å². The largest absolute Gasteiger partial charge is 0.462 e. The first-order valence-electron chi connectivity index (χ1n) is 21.5. The molecule has 48 heavy (non-hydrogen) atoms. The highest BCUT2D eigenvalue weighted by Gasteiger charge is 2.16. The van der Waals surface area contributed by atoms with Gasteiger partial charge in [-0.3, -0.25) is 9.59 Å². The Labute approximate surface area is 299 Å². The van der Waals surface area contributed by atoms with Crippen molar-refractivity contribution in [3.63, 3.8) is 0 Å². The minimum atomic E-state index is -0.762. The summed E-state index contributed by atoms with van der Waals surface area (Å²) in [5.74, 6) is 0.278. The molecule has 0 amide bonds. The molecule has 0 aromatic rings. The van der Waals surface area contributed by atoms with E-state index in [0.717, 1.165) is 38.0 Å². The van der Waals surface area contributed by atoms with Gasteiger partial charge in [0, 0.05) is 12.8 Å². The first kappa shape index (κ1) is 46.9. The Kier molecular flexibility index (Phi) is 37.8. The van der Waals surface area contributed by atoms with Crippen molar-refractivity contribution in [2.45, 2.75) is 245 Å². The van der Waals surface area contributed by atoms with Crippen LogP contribution in [0.25, 0.3) is 0 Å². The van der Waals surface area contributed by atoms with E-state index in [2.05, 4.69) is 20.8 Å². The van der Waals surface area contributed by atoms with Gasteiger partial charge < -0.3 is 14.6 Å². The van der Waals surface area contributed by atoms with Gasteiger partial charge in [0.05, 0.1) is 6.61 Å². The van der Waals surface area contributed by atoms with Crippen molar-refractivity contribution >= 4 is 11.9 Å². The van der Waals surface area contributed by atoms with Crippen LogP contribution in [0.5, 0.6) is 0 Å². The Bertz CT molecular complexity index is 664. The molecular formula is C43H84O5. The van der Waals surface area contributed by atoms with Gasteiger partial charge in [0.25, 0.3) is 0 Å². The summed E-state index contributed by atoms with van der Waals surface area (Å²) in [4.78, 5) is 24.3. The second-order valence-electron chi connectivity index (χ2n) is 15.3. The van der Waals surface area contributed by atoms with Gasteiger partial charge in [-0.1, -0.05) is 213 Å². The summed E-state index contributed by atoms with van der Waals surface area (Å²) >= 11 is 0. The zero-order chi connectivity index (χ0) is 35.2. The maximum Gasteiger partial charge on any atom is 0.306 e. The molecule has 0 heterocycles. The van der Waals surface area contributed by atoms with Crippen LogP contribution in [0.15, 0.2) is 0 Å². The standard InChI is InChI=1S/C43H84O5/c1-4-5-6-7-8-9-10-11-12-13-14-19-22-25-28-31-34-37-43(46)48-41(38-44)39-47-42(45)36-33-30-27-24-21-18-16-15-17-20-23-26-29-32-35-40(2)3/h40-41,44H,4-39H2,1-3H3/t41-/m0/s1. The summed E-state index contributed by atoms with van der Waals surface area (Å²) in [6.45, 7) is 6.53. The second-order valence-corrected chi connectivity index (χ2v) is 15.3. The lowest BCUT2D eigenvalue weighted by Crippen LogP contribution is -2.28. The van der Waals surface area contributed by atoms with Crippen molar-refractivity contribution in [3.05, 3.63) is 0 Å². The van der Waals surface area contributed by atoms with Gasteiger partial charge in [-0.2, -0.15) is 0 Å². The second kappa shape index (κ2) is 38.7. The summed E-state index contributed by atoms with van der Waals surface area (Å²) in [6.07, 6.45) is 41.7. The highest BCUT2D eigenvalue weighted by molar-refractivity contribution is 5.70. The van der Waals surface area contributed by atoms with Crippen LogP contribution in [0, 0.1) is 5.92 Å². The van der Waals surface area contributed by atoms with E-state index in [-0.39, 0.29) is 25.2 Å². The fraction of sp³-hybridized carbons (Fsp3) is 0.953. The van der Waals surface area contributed by atoms with Crippen LogP contribution in [0.1, 0.15) is 239 Å². The van der Waals surface area contributed by atoms with Crippen LogP contribution < -0.4 is 0 Å². The third kappa shape index (κ3) is 37.7. The lowest BCUT2D eigenvalue weighted by molar-refractivity contribution is -0.161. The van der Waals surface area contributed by atoms with Crippen LogP contribution >= 0.6 is 0 Å². The maximum atomic E-state index is 12.2. The van der Waals surface area contributed by atoms with Crippen LogP contribution in [-0.4, -0.2) is 36.4 Å². The summed E-state index contributed by atoms with van der Waals surface area (Å²) in [5.41, 5.74) is 0. The summed E-state index contributed by atoms with van der Waals surface area (Å²) in [6, 6.07) is 0. The minimum absolute atomic E-state index is 0.0573. The van der Waals surface area contributed by atoms with E-state index in [1.807, 2.05) is 0 Å². The van der Waals surface area contributed by atoms with Crippen molar-refractivity contribution in [2.24, 2.45) is 5.92 Å². The monoisotopic (exact) mass is 681 g/mol. The number of rotatable bonds is 39. The van der Waals surface area contributed by atoms with Gasteiger partial charge in [0.15, 0.2) is 6.10 Å². The molecule has 0 saturated carbocycles. The van der Waals surface area contributed by atoms with Crippen molar-refractivity contribution < 1.29 is 24.2 Å². The molecule has 0 aromatic carbocycles. The van der Waals surface area contributed by atoms with Gasteiger partial charge >= 0.3 is 11.9 Å². The number of aliphatic hydroxyl groups excluding tert-OH is 1. The molecule has 0 rings (SSSR count). The number of hydrogen-bond donors (Lipinski definition) is 1. The predicted octanol–water partition coefficient (Wildman–Crippen LogP) is 13.4. The average molecular weight is 681 g/mol. The fourth-order valence-electron chi connectivity index (χ4n) is 6.56. The molecule has 1 N–H and O–H groups in total. The normalized spacial score (nSPS) is 12.1. The van der Waals surface area contributed by atoms with Crippen LogP contribution in [-0.2, 0) is 19.1 Å². The number of unbranched alkanes of at least 4 members (excludes halogenated alkanes) is 29. The molecular weight excluding hydrogens is 596 g/mol. The summed E-state index contributed by atoms with van der Waals surface area (Å²) < 4.78 is 10.6. The molecule has 0 fully saturated rings. The average Bonchev–Trinajstić information content (AvgIpc) is 3.07. The predicted molar refractivity (Wildman–Crippen MR) is 205 cm³/mol. The molecule has 0 aromatic heterocycles. The quantitative estimate of drug-likeness (QED) is 0.0517. The highest BCUT2D eigenvalue weighted by atomic mass is 16.6. The smallest absolute Gasteiger partial charge is 0.306 e. The molecule has 1 atom stereocenters. The molecule has 286 valence electrons. The molecule has 0 aliphatic rings. The third-order valence-corrected chi connectivity index (χ3v) is 9.83. The number of carbonyl (C=O) groups excluding carboxylic acids is 2. The molecule has 0 unspecified atom stereocenters. The molecule has 0 saturated heterocycles. The fourth-order valence-corrected chi connectivity index (χ4v) is 6.56. The lowest BCUT2D eigenvalue weighted by Gasteiger charge is -2.15. The SMILES string of the molecule is CCCCCCCCCCCCCCCCCCCC(=O)O[C@@H](CO)COC(=O)CCCCCCCCCCCCCCCCC(C)C. The Morgan fingerprint density at radius 3 is 1.10 bits per heavy atom. The molecule has 0 aliphatic heterocycles. The van der Waals surface area contributed by atoms with Gasteiger partial charge in [-0.05, 0) is 18.8 Å². The third-order valence-electron chi connectivity index (χ3n) is 9.83. The Balaban J connectivity index is 3.47. The molecule has 5 nitrogen and oxygen atoms in total. The van der Waals surface area contributed by atoms with Crippen LogP contribution in [0.3, 0.4) is 0 Å². The van der Waals surface area contributed by atoms with Crippen molar-refractivity contribution in [3.8, 4) is 0 Å². The molecule has 0 radical (unpaired) electrons. The van der Waals surface area contributed by atoms with E-state index in [4.69, 9.17) is 9.47 Å². The van der Waals surface area contributed by atoms with Crippen LogP contribution in [0.4, 0.5) is 0 Å². The van der Waals surface area contributed by atoms with Crippen LogP contribution in [0.2, 0.25) is 0 Å². The first-order chi connectivity index (χ1) is 23.5. The first-order valence-corrected chi connectivity index (χ1v) is 21.5. The Morgan fingerprint density at radius 2 is 0.771 bits per heavy atom. The number of ether oxygens (including phenoxy) is 2. The zero-order valence-electron chi connectivity index (χ0n) is 32.7. The van der Waals surface area contributed by atoms with E-state index >= 15 is 0 Å². The minimum Gasteiger partial charge on any atom is -0.462 e. The Hall–Kier alpha value is -1.10. The number of carbonyl (C=O) groups is 2. The summed E-state index contributed by atoms with van der Waals surface area (Å²) in [5, 5.41) is 9.57. The molecule has 0 aliphatic carbocycles. The number of esters is 2. The van der Waals surface area contributed by atoms with Crippen molar-refractivity contribution in [1.82, 2.24) is 0 Å². The topological polar surface area (TPSA) is 72.8 Å². The van der Waals surface area contributed by atoms with Gasteiger partial charge in [-0.15, -0.1) is 0 Å². The van der Waals surface area contributed by atoms with E-state index < -0.39 is 6.10 Å². The molecule has 0 spiro atoms. The van der Waals surface area contributed by atoms with Gasteiger partial charge in [0.1, 0.15) is 6.61 Å². The lowest BCUT2D eigenvalue weighted by atomic mass is 10.0. The van der Waals surface area contributed by atoms with E-state index in [1.165, 1.54) is 173 Å². The summed E-state index contributed by atoms with van der Waals surface area (Å²) in [7, 11) is 0. The van der Waals surface area contributed by atoms with E-state index in [1.54, 1.807) is 0 Å². The number of hydrogen-bond acceptors (Lipinski definition) is 5. The molecule has 5 heteroatoms. The number of aliphatic hydroxyl groups is 1. The van der Waals surface area contributed by atoms with Gasteiger partial charge in [0.2, 0.25) is 0 Å². The molecule has 0 bridgehead atoms.